The van der Waals surface area contributed by atoms with E-state index in [0.717, 1.165) is 56.4 Å². The molecular formula is C19H25ClFN5. The average molecular weight is 378 g/mol. The Morgan fingerprint density at radius 2 is 2.08 bits per heavy atom. The molecule has 26 heavy (non-hydrogen) atoms. The van der Waals surface area contributed by atoms with E-state index in [2.05, 4.69) is 17.3 Å². The van der Waals surface area contributed by atoms with Gasteiger partial charge in [0.2, 0.25) is 0 Å². The fourth-order valence-electron chi connectivity index (χ4n) is 3.93. The minimum absolute atomic E-state index is 0.116. The van der Waals surface area contributed by atoms with Gasteiger partial charge in [0.05, 0.1) is 10.7 Å². The zero-order chi connectivity index (χ0) is 18.1. The first-order valence-corrected chi connectivity index (χ1v) is 9.78. The number of nitrogens with zero attached hydrogens (tertiary/aromatic N) is 4. The highest BCUT2D eigenvalue weighted by atomic mass is 35.5. The summed E-state index contributed by atoms with van der Waals surface area (Å²) in [6.45, 7) is 4.17. The molecule has 3 heterocycles. The largest absolute Gasteiger partial charge is 0.316 e. The number of hydrogen-bond acceptors (Lipinski definition) is 4. The fraction of sp³-hybridized carbons (Fsp3) is 0.579. The number of likely N-dealkylation sites (tertiary alicyclic amines) is 1. The summed E-state index contributed by atoms with van der Waals surface area (Å²) in [6, 6.07) is 4.75. The van der Waals surface area contributed by atoms with Gasteiger partial charge in [-0.05, 0) is 70.1 Å². The maximum atomic E-state index is 13.6. The van der Waals surface area contributed by atoms with Crippen molar-refractivity contribution in [1.29, 1.82) is 0 Å². The maximum Gasteiger partial charge on any atom is 0.151 e. The van der Waals surface area contributed by atoms with Crippen LogP contribution in [0.2, 0.25) is 5.02 Å². The molecule has 0 aliphatic carbocycles. The van der Waals surface area contributed by atoms with Crippen molar-refractivity contribution in [2.24, 2.45) is 5.92 Å². The molecule has 2 aliphatic heterocycles. The molecule has 0 spiro atoms. The lowest BCUT2D eigenvalue weighted by atomic mass is 9.93. The quantitative estimate of drug-likeness (QED) is 0.889. The van der Waals surface area contributed by atoms with E-state index in [4.69, 9.17) is 21.7 Å². The van der Waals surface area contributed by atoms with Crippen LogP contribution in [0.3, 0.4) is 0 Å². The van der Waals surface area contributed by atoms with Crippen LogP contribution in [-0.4, -0.2) is 52.9 Å². The second-order valence-electron chi connectivity index (χ2n) is 7.54. The molecule has 1 atom stereocenters. The van der Waals surface area contributed by atoms with Crippen LogP contribution in [0.15, 0.2) is 18.2 Å². The van der Waals surface area contributed by atoms with Crippen LogP contribution in [0.5, 0.6) is 0 Å². The Morgan fingerprint density at radius 1 is 1.27 bits per heavy atom. The average Bonchev–Trinajstić information content (AvgIpc) is 3.29. The Bertz CT molecular complexity index is 763. The first-order chi connectivity index (χ1) is 12.6. The van der Waals surface area contributed by atoms with Crippen molar-refractivity contribution < 1.29 is 4.39 Å². The predicted molar refractivity (Wildman–Crippen MR) is 100 cm³/mol. The fourth-order valence-corrected chi connectivity index (χ4v) is 4.10. The van der Waals surface area contributed by atoms with E-state index in [1.54, 1.807) is 12.1 Å². The van der Waals surface area contributed by atoms with Gasteiger partial charge >= 0.3 is 0 Å². The van der Waals surface area contributed by atoms with Gasteiger partial charge in [-0.1, -0.05) is 11.6 Å². The first kappa shape index (κ1) is 17.9. The molecule has 7 heteroatoms. The molecule has 1 aromatic carbocycles. The van der Waals surface area contributed by atoms with Crippen molar-refractivity contribution in [2.45, 2.75) is 31.6 Å². The van der Waals surface area contributed by atoms with Gasteiger partial charge in [0, 0.05) is 18.9 Å². The molecule has 0 unspecified atom stereocenters. The van der Waals surface area contributed by atoms with Crippen LogP contribution in [0, 0.1) is 11.7 Å². The summed E-state index contributed by atoms with van der Waals surface area (Å²) in [5.74, 6) is 2.40. The SMILES string of the molecule is CN1CCC(Cc2nc([C@H]3CCNC3)n(-c3ccc(F)c(Cl)c3)n2)CC1. The van der Waals surface area contributed by atoms with Crippen LogP contribution in [0.4, 0.5) is 4.39 Å². The van der Waals surface area contributed by atoms with Gasteiger partial charge in [-0.25, -0.2) is 14.1 Å². The Kier molecular flexibility index (Phi) is 5.25. The molecule has 1 N–H and O–H groups in total. The van der Waals surface area contributed by atoms with E-state index in [1.807, 2.05) is 4.68 Å². The molecule has 2 fully saturated rings. The maximum absolute atomic E-state index is 13.6. The molecule has 5 nitrogen and oxygen atoms in total. The number of rotatable bonds is 4. The Hall–Kier alpha value is -1.50. The number of halogens is 2. The van der Waals surface area contributed by atoms with Gasteiger partial charge in [0.25, 0.3) is 0 Å². The lowest BCUT2D eigenvalue weighted by Crippen LogP contribution is -2.31. The van der Waals surface area contributed by atoms with Crippen LogP contribution in [0.1, 0.15) is 36.8 Å². The lowest BCUT2D eigenvalue weighted by molar-refractivity contribution is 0.217. The van der Waals surface area contributed by atoms with Gasteiger partial charge < -0.3 is 10.2 Å². The third-order valence-electron chi connectivity index (χ3n) is 5.56. The highest BCUT2D eigenvalue weighted by Crippen LogP contribution is 2.27. The van der Waals surface area contributed by atoms with Gasteiger partial charge in [-0.3, -0.25) is 0 Å². The number of benzene rings is 1. The zero-order valence-corrected chi connectivity index (χ0v) is 15.8. The first-order valence-electron chi connectivity index (χ1n) is 9.40. The van der Waals surface area contributed by atoms with E-state index >= 15 is 0 Å². The van der Waals surface area contributed by atoms with Crippen LogP contribution in [0.25, 0.3) is 5.69 Å². The monoisotopic (exact) mass is 377 g/mol. The molecule has 0 radical (unpaired) electrons. The Balaban J connectivity index is 1.62. The lowest BCUT2D eigenvalue weighted by Gasteiger charge is -2.28. The molecular weight excluding hydrogens is 353 g/mol. The third kappa shape index (κ3) is 3.77. The van der Waals surface area contributed by atoms with E-state index in [1.165, 1.54) is 18.9 Å². The molecule has 0 amide bonds. The molecule has 2 aromatic rings. The second-order valence-corrected chi connectivity index (χ2v) is 7.94. The number of aromatic nitrogens is 3. The number of piperidine rings is 1. The van der Waals surface area contributed by atoms with Gasteiger partial charge in [-0.15, -0.1) is 0 Å². The number of hydrogen-bond donors (Lipinski definition) is 1. The molecule has 0 bridgehead atoms. The number of nitrogens with one attached hydrogen (secondary N) is 1. The summed E-state index contributed by atoms with van der Waals surface area (Å²) in [4.78, 5) is 7.27. The van der Waals surface area contributed by atoms with Crippen molar-refractivity contribution in [1.82, 2.24) is 25.0 Å². The highest BCUT2D eigenvalue weighted by molar-refractivity contribution is 6.30. The molecule has 2 saturated heterocycles. The molecule has 0 saturated carbocycles. The summed E-state index contributed by atoms with van der Waals surface area (Å²) in [7, 11) is 2.17. The van der Waals surface area contributed by atoms with E-state index < -0.39 is 5.82 Å². The summed E-state index contributed by atoms with van der Waals surface area (Å²) in [5, 5.41) is 8.30. The van der Waals surface area contributed by atoms with Crippen molar-refractivity contribution >= 4 is 11.6 Å². The van der Waals surface area contributed by atoms with Gasteiger partial charge in [0.15, 0.2) is 5.82 Å². The van der Waals surface area contributed by atoms with Crippen LogP contribution in [-0.2, 0) is 6.42 Å². The zero-order valence-electron chi connectivity index (χ0n) is 15.1. The third-order valence-corrected chi connectivity index (χ3v) is 5.85. The predicted octanol–water partition coefficient (Wildman–Crippen LogP) is 3.02. The normalized spacial score (nSPS) is 22.2. The summed E-state index contributed by atoms with van der Waals surface area (Å²) < 4.78 is 15.4. The Morgan fingerprint density at radius 3 is 2.77 bits per heavy atom. The second kappa shape index (κ2) is 7.62. The molecule has 140 valence electrons. The van der Waals surface area contributed by atoms with Crippen molar-refractivity contribution in [2.75, 3.05) is 33.2 Å². The van der Waals surface area contributed by atoms with Crippen LogP contribution < -0.4 is 5.32 Å². The smallest absolute Gasteiger partial charge is 0.151 e. The Labute approximate surface area is 158 Å². The van der Waals surface area contributed by atoms with E-state index in [9.17, 15) is 4.39 Å². The molecule has 4 rings (SSSR count). The van der Waals surface area contributed by atoms with Crippen molar-refractivity contribution in [3.05, 3.63) is 40.7 Å². The van der Waals surface area contributed by atoms with E-state index in [-0.39, 0.29) is 5.02 Å². The topological polar surface area (TPSA) is 46.0 Å². The standard InChI is InChI=1S/C19H25ClFN5/c1-25-8-5-13(6-9-25)10-18-23-19(14-4-7-22-12-14)26(24-18)15-2-3-17(21)16(20)11-15/h2-3,11,13-14,22H,4-10,12H2,1H3/t14-/m0/s1. The minimum atomic E-state index is -0.411. The van der Waals surface area contributed by atoms with E-state index in [0.29, 0.717) is 11.8 Å². The summed E-state index contributed by atoms with van der Waals surface area (Å²) in [6.07, 6.45) is 4.33. The van der Waals surface area contributed by atoms with Crippen LogP contribution >= 0.6 is 11.6 Å². The van der Waals surface area contributed by atoms with Crippen molar-refractivity contribution in [3.8, 4) is 5.69 Å². The van der Waals surface area contributed by atoms with Gasteiger partial charge in [-0.2, -0.15) is 5.10 Å². The van der Waals surface area contributed by atoms with Crippen molar-refractivity contribution in [3.63, 3.8) is 0 Å². The van der Waals surface area contributed by atoms with Gasteiger partial charge in [0.1, 0.15) is 11.6 Å². The molecule has 1 aromatic heterocycles. The minimum Gasteiger partial charge on any atom is -0.316 e. The molecule has 2 aliphatic rings. The highest BCUT2D eigenvalue weighted by Gasteiger charge is 2.26. The summed E-state index contributed by atoms with van der Waals surface area (Å²) in [5.41, 5.74) is 0.778. The summed E-state index contributed by atoms with van der Waals surface area (Å²) >= 11 is 6.00.